The maximum atomic E-state index is 12.9. The smallest absolute Gasteiger partial charge is 0.258 e. The van der Waals surface area contributed by atoms with Crippen LogP contribution in [0, 0.1) is 0 Å². The summed E-state index contributed by atoms with van der Waals surface area (Å²) in [4.78, 5) is 46.6. The maximum Gasteiger partial charge on any atom is 0.258 e. The molecule has 0 saturated carbocycles. The first-order valence-corrected chi connectivity index (χ1v) is 15.3. The minimum atomic E-state index is -0.697. The van der Waals surface area contributed by atoms with E-state index < -0.39 is 11.9 Å². The minimum absolute atomic E-state index is 0.167. The fourth-order valence-corrected chi connectivity index (χ4v) is 5.05. The average Bonchev–Trinajstić information content (AvgIpc) is 3.06. The Morgan fingerprint density at radius 1 is 0.978 bits per heavy atom. The Hall–Kier alpha value is -4.64. The molecular formula is C34H43N5O6. The third kappa shape index (κ3) is 10.5. The van der Waals surface area contributed by atoms with Crippen LogP contribution in [-0.4, -0.2) is 85.5 Å². The fraction of sp³-hybridized carbons (Fsp3) is 0.412. The zero-order valence-electron chi connectivity index (χ0n) is 26.3. The van der Waals surface area contributed by atoms with Crippen LogP contribution in [0.4, 0.5) is 0 Å². The van der Waals surface area contributed by atoms with Crippen LogP contribution in [0.25, 0.3) is 0 Å². The lowest BCUT2D eigenvalue weighted by molar-refractivity contribution is -0.135. The summed E-state index contributed by atoms with van der Waals surface area (Å²) in [6.45, 7) is 5.13. The molecule has 3 heterocycles. The number of ether oxygens (including phenoxy) is 3. The zero-order valence-corrected chi connectivity index (χ0v) is 26.3. The number of pyridine rings is 1. The van der Waals surface area contributed by atoms with E-state index in [0.717, 1.165) is 49.4 Å². The molecule has 0 radical (unpaired) electrons. The number of amides is 3. The highest BCUT2D eigenvalue weighted by atomic mass is 16.5. The summed E-state index contributed by atoms with van der Waals surface area (Å²) < 4.78 is 17.0. The number of methoxy groups -OCH3 is 1. The summed E-state index contributed by atoms with van der Waals surface area (Å²) in [7, 11) is 3.22. The van der Waals surface area contributed by atoms with Crippen molar-refractivity contribution in [1.29, 1.82) is 0 Å². The van der Waals surface area contributed by atoms with Crippen LogP contribution >= 0.6 is 0 Å². The monoisotopic (exact) mass is 617 g/mol. The number of benzene rings is 2. The molecule has 240 valence electrons. The van der Waals surface area contributed by atoms with Gasteiger partial charge < -0.3 is 29.7 Å². The number of carbonyl (C=O) groups is 3. The number of fused-ring (bicyclic) bond motifs is 18. The summed E-state index contributed by atoms with van der Waals surface area (Å²) in [6.07, 6.45) is 4.19. The van der Waals surface area contributed by atoms with Crippen molar-refractivity contribution in [3.05, 3.63) is 83.7 Å². The molecule has 2 N–H and O–H groups in total. The SMILES string of the molecule is COc1cc2ccc1OCC(=O)N[C@@H](C)C(=O)N(C)CCCCN(Cc1cccc(OCc3ccccn3)c1)CCCNC2=O. The van der Waals surface area contributed by atoms with E-state index in [1.807, 2.05) is 36.4 Å². The van der Waals surface area contributed by atoms with E-state index in [2.05, 4.69) is 26.6 Å². The van der Waals surface area contributed by atoms with Crippen molar-refractivity contribution in [1.82, 2.24) is 25.4 Å². The topological polar surface area (TPSA) is 122 Å². The Kier molecular flexibility index (Phi) is 12.6. The average molecular weight is 618 g/mol. The van der Waals surface area contributed by atoms with Gasteiger partial charge in [-0.15, -0.1) is 0 Å². The summed E-state index contributed by atoms with van der Waals surface area (Å²) >= 11 is 0. The molecule has 2 aliphatic rings. The summed E-state index contributed by atoms with van der Waals surface area (Å²) in [6, 6.07) is 17.9. The first kappa shape index (κ1) is 33.3. The normalized spacial score (nSPS) is 17.9. The van der Waals surface area contributed by atoms with Crippen LogP contribution in [0.5, 0.6) is 17.2 Å². The van der Waals surface area contributed by atoms with Crippen molar-refractivity contribution in [2.75, 3.05) is 46.9 Å². The first-order valence-electron chi connectivity index (χ1n) is 15.3. The van der Waals surface area contributed by atoms with Crippen LogP contribution in [0.2, 0.25) is 0 Å². The minimum Gasteiger partial charge on any atom is -0.493 e. The highest BCUT2D eigenvalue weighted by Gasteiger charge is 2.20. The van der Waals surface area contributed by atoms with Gasteiger partial charge in [-0.05, 0) is 80.8 Å². The predicted octanol–water partition coefficient (Wildman–Crippen LogP) is 3.43. The summed E-state index contributed by atoms with van der Waals surface area (Å²) in [5.74, 6) is 0.627. The molecule has 11 heteroatoms. The molecule has 11 nitrogen and oxygen atoms in total. The third-order valence-electron chi connectivity index (χ3n) is 7.48. The molecule has 45 heavy (non-hydrogen) atoms. The van der Waals surface area contributed by atoms with Gasteiger partial charge in [-0.3, -0.25) is 24.3 Å². The number of likely N-dealkylation sites (N-methyl/N-ethyl adjacent to an activating group) is 1. The Morgan fingerprint density at radius 3 is 2.60 bits per heavy atom. The van der Waals surface area contributed by atoms with Gasteiger partial charge in [-0.25, -0.2) is 0 Å². The van der Waals surface area contributed by atoms with Crippen molar-refractivity contribution in [2.45, 2.75) is 45.4 Å². The molecule has 2 aromatic carbocycles. The highest BCUT2D eigenvalue weighted by Crippen LogP contribution is 2.28. The van der Waals surface area contributed by atoms with E-state index in [9.17, 15) is 14.4 Å². The Morgan fingerprint density at radius 2 is 1.80 bits per heavy atom. The summed E-state index contributed by atoms with van der Waals surface area (Å²) in [5, 5.41) is 5.69. The Balaban J connectivity index is 1.43. The van der Waals surface area contributed by atoms with Gasteiger partial charge >= 0.3 is 0 Å². The maximum absolute atomic E-state index is 12.9. The van der Waals surface area contributed by atoms with Gasteiger partial charge in [0.15, 0.2) is 18.1 Å². The lowest BCUT2D eigenvalue weighted by Gasteiger charge is -2.25. The molecule has 2 aliphatic heterocycles. The molecule has 0 fully saturated rings. The van der Waals surface area contributed by atoms with Gasteiger partial charge in [0.25, 0.3) is 11.8 Å². The zero-order chi connectivity index (χ0) is 32.0. The first-order chi connectivity index (χ1) is 21.8. The lowest BCUT2D eigenvalue weighted by Crippen LogP contribution is -2.47. The largest absolute Gasteiger partial charge is 0.493 e. The molecule has 0 spiro atoms. The second-order valence-corrected chi connectivity index (χ2v) is 11.1. The number of rotatable bonds is 6. The van der Waals surface area contributed by atoms with Crippen LogP contribution in [0.1, 0.15) is 47.8 Å². The van der Waals surface area contributed by atoms with Crippen molar-refractivity contribution in [3.63, 3.8) is 0 Å². The number of hydrogen-bond donors (Lipinski definition) is 2. The lowest BCUT2D eigenvalue weighted by atomic mass is 10.1. The van der Waals surface area contributed by atoms with Gasteiger partial charge in [0.1, 0.15) is 18.4 Å². The number of carbonyl (C=O) groups excluding carboxylic acids is 3. The van der Waals surface area contributed by atoms with E-state index in [-0.39, 0.29) is 18.4 Å². The molecule has 5 rings (SSSR count). The number of nitrogens with zero attached hydrogens (tertiary/aromatic N) is 3. The number of aromatic nitrogens is 1. The van der Waals surface area contributed by atoms with Gasteiger partial charge in [0.05, 0.1) is 12.8 Å². The van der Waals surface area contributed by atoms with Crippen molar-refractivity contribution < 1.29 is 28.6 Å². The van der Waals surface area contributed by atoms with Gasteiger partial charge in [-0.1, -0.05) is 18.2 Å². The summed E-state index contributed by atoms with van der Waals surface area (Å²) in [5.41, 5.74) is 2.41. The van der Waals surface area contributed by atoms with Crippen LogP contribution in [0.3, 0.4) is 0 Å². The van der Waals surface area contributed by atoms with Crippen LogP contribution in [0.15, 0.2) is 66.9 Å². The van der Waals surface area contributed by atoms with Crippen LogP contribution < -0.4 is 24.8 Å². The van der Waals surface area contributed by atoms with Crippen molar-refractivity contribution in [2.24, 2.45) is 0 Å². The van der Waals surface area contributed by atoms with Gasteiger partial charge in [0.2, 0.25) is 5.91 Å². The molecule has 0 saturated heterocycles. The van der Waals surface area contributed by atoms with Crippen LogP contribution in [-0.2, 0) is 22.7 Å². The predicted molar refractivity (Wildman–Crippen MR) is 170 cm³/mol. The number of hydrogen-bond acceptors (Lipinski definition) is 8. The van der Waals surface area contributed by atoms with Crippen molar-refractivity contribution >= 4 is 17.7 Å². The third-order valence-corrected chi connectivity index (χ3v) is 7.48. The molecule has 1 atom stereocenters. The Bertz CT molecular complexity index is 1420. The molecule has 0 aliphatic carbocycles. The molecule has 3 aromatic rings. The molecular weight excluding hydrogens is 574 g/mol. The molecule has 2 bridgehead atoms. The molecule has 3 amide bonds. The van der Waals surface area contributed by atoms with E-state index in [1.165, 1.54) is 7.11 Å². The van der Waals surface area contributed by atoms with E-state index in [4.69, 9.17) is 14.2 Å². The highest BCUT2D eigenvalue weighted by molar-refractivity contribution is 5.95. The Labute approximate surface area is 264 Å². The van der Waals surface area contributed by atoms with E-state index >= 15 is 0 Å². The standard InChI is InChI=1S/C34H43N5O6/c1-25-34(42)38(2)17-6-7-18-39(22-26-10-8-12-29(20-26)44-23-28-11-4-5-15-35-28)19-9-16-36-33(41)27-13-14-30(31(21-27)43-3)45-24-32(40)37-25/h4-5,8,10-15,20-21,25H,6-7,9,16-19,22-24H2,1-3H3,(H,36,41)(H,37,40)/t25-/m0/s1. The molecule has 1 aromatic heterocycles. The quantitative estimate of drug-likeness (QED) is 0.404. The second kappa shape index (κ2) is 17.0. The second-order valence-electron chi connectivity index (χ2n) is 11.1. The fourth-order valence-electron chi connectivity index (χ4n) is 5.05. The van der Waals surface area contributed by atoms with Gasteiger partial charge in [0, 0.05) is 45.0 Å². The molecule has 0 unspecified atom stereocenters. The number of nitrogens with one attached hydrogen (secondary N) is 2. The van der Waals surface area contributed by atoms with E-state index in [1.54, 1.807) is 43.3 Å². The van der Waals surface area contributed by atoms with Crippen molar-refractivity contribution in [3.8, 4) is 17.2 Å². The van der Waals surface area contributed by atoms with E-state index in [0.29, 0.717) is 43.3 Å². The van der Waals surface area contributed by atoms with Gasteiger partial charge in [-0.2, -0.15) is 0 Å².